The second-order valence-corrected chi connectivity index (χ2v) is 7.06. The molecule has 0 atom stereocenters. The molecule has 7 heteroatoms. The Bertz CT molecular complexity index is 1060. The van der Waals surface area contributed by atoms with E-state index in [1.165, 1.54) is 0 Å². The van der Waals surface area contributed by atoms with Crippen LogP contribution in [0.4, 0.5) is 5.69 Å². The summed E-state index contributed by atoms with van der Waals surface area (Å²) in [6.45, 7) is 1.78. The van der Waals surface area contributed by atoms with Gasteiger partial charge in [-0.15, -0.1) is 0 Å². The molecule has 146 valence electrons. The molecule has 0 unspecified atom stereocenters. The predicted molar refractivity (Wildman–Crippen MR) is 117 cm³/mol. The van der Waals surface area contributed by atoms with Gasteiger partial charge in [0.15, 0.2) is 0 Å². The Balaban J connectivity index is 1.62. The van der Waals surface area contributed by atoms with E-state index in [9.17, 15) is 9.59 Å². The van der Waals surface area contributed by atoms with E-state index >= 15 is 0 Å². The molecule has 29 heavy (non-hydrogen) atoms. The molecule has 0 aromatic heterocycles. The zero-order chi connectivity index (χ0) is 20.8. The van der Waals surface area contributed by atoms with Crippen LogP contribution in [-0.2, 0) is 0 Å². The van der Waals surface area contributed by atoms with Crippen molar-refractivity contribution in [2.75, 3.05) is 5.32 Å². The van der Waals surface area contributed by atoms with Crippen LogP contribution in [0.25, 0.3) is 0 Å². The van der Waals surface area contributed by atoms with E-state index in [1.807, 2.05) is 12.1 Å². The van der Waals surface area contributed by atoms with Crippen LogP contribution in [0.15, 0.2) is 77.9 Å². The van der Waals surface area contributed by atoms with Crippen molar-refractivity contribution in [2.45, 2.75) is 6.92 Å². The SMILES string of the molecule is C/C(=N/NC(=O)c1cccc(Cl)c1)c1ccc(NC(=O)c2ccc(Cl)cc2)cc1. The molecular weight excluding hydrogens is 409 g/mol. The lowest BCUT2D eigenvalue weighted by Crippen LogP contribution is -2.19. The number of nitrogens with zero attached hydrogens (tertiary/aromatic N) is 1. The second kappa shape index (κ2) is 9.37. The molecular formula is C22H17Cl2N3O2. The first-order chi connectivity index (χ1) is 13.9. The monoisotopic (exact) mass is 425 g/mol. The minimum Gasteiger partial charge on any atom is -0.322 e. The minimum atomic E-state index is -0.348. The number of carbonyl (C=O) groups excluding carboxylic acids is 2. The first-order valence-corrected chi connectivity index (χ1v) is 9.45. The summed E-state index contributed by atoms with van der Waals surface area (Å²) in [7, 11) is 0. The van der Waals surface area contributed by atoms with Crippen molar-refractivity contribution < 1.29 is 9.59 Å². The summed E-state index contributed by atoms with van der Waals surface area (Å²) >= 11 is 11.7. The lowest BCUT2D eigenvalue weighted by atomic mass is 10.1. The van der Waals surface area contributed by atoms with Gasteiger partial charge >= 0.3 is 0 Å². The second-order valence-electron chi connectivity index (χ2n) is 6.19. The molecule has 0 aliphatic heterocycles. The predicted octanol–water partition coefficient (Wildman–Crippen LogP) is 5.40. The Morgan fingerprint density at radius 2 is 1.41 bits per heavy atom. The van der Waals surface area contributed by atoms with Crippen LogP contribution in [0.3, 0.4) is 0 Å². The summed E-state index contributed by atoms with van der Waals surface area (Å²) in [6.07, 6.45) is 0. The van der Waals surface area contributed by atoms with Gasteiger partial charge in [-0.25, -0.2) is 5.43 Å². The Kier molecular flexibility index (Phi) is 6.65. The number of rotatable bonds is 5. The van der Waals surface area contributed by atoms with Crippen molar-refractivity contribution in [3.05, 3.63) is 99.5 Å². The molecule has 3 aromatic carbocycles. The number of hydrogen-bond donors (Lipinski definition) is 2. The van der Waals surface area contributed by atoms with Crippen LogP contribution in [0.1, 0.15) is 33.2 Å². The third kappa shape index (κ3) is 5.67. The molecule has 2 N–H and O–H groups in total. The van der Waals surface area contributed by atoms with Crippen molar-refractivity contribution in [3.8, 4) is 0 Å². The van der Waals surface area contributed by atoms with Crippen LogP contribution in [0, 0.1) is 0 Å². The topological polar surface area (TPSA) is 70.6 Å². The van der Waals surface area contributed by atoms with E-state index in [-0.39, 0.29) is 11.8 Å². The molecule has 0 aliphatic rings. The molecule has 3 rings (SSSR count). The van der Waals surface area contributed by atoms with E-state index in [0.717, 1.165) is 5.56 Å². The highest BCUT2D eigenvalue weighted by atomic mass is 35.5. The maximum atomic E-state index is 12.2. The van der Waals surface area contributed by atoms with E-state index in [0.29, 0.717) is 32.6 Å². The van der Waals surface area contributed by atoms with E-state index in [2.05, 4.69) is 15.8 Å². The molecule has 0 radical (unpaired) electrons. The maximum Gasteiger partial charge on any atom is 0.271 e. The largest absolute Gasteiger partial charge is 0.322 e. The lowest BCUT2D eigenvalue weighted by molar-refractivity contribution is 0.0954. The van der Waals surface area contributed by atoms with Crippen LogP contribution in [0.5, 0.6) is 0 Å². The molecule has 0 heterocycles. The van der Waals surface area contributed by atoms with Gasteiger partial charge in [-0.1, -0.05) is 41.4 Å². The molecule has 0 fully saturated rings. The van der Waals surface area contributed by atoms with Crippen LogP contribution in [0.2, 0.25) is 10.0 Å². The van der Waals surface area contributed by atoms with Crippen molar-refractivity contribution in [3.63, 3.8) is 0 Å². The number of hydrogen-bond acceptors (Lipinski definition) is 3. The average Bonchev–Trinajstić information content (AvgIpc) is 2.72. The Labute approximate surface area is 178 Å². The molecule has 0 saturated heterocycles. The number of amides is 2. The number of carbonyl (C=O) groups is 2. The van der Waals surface area contributed by atoms with Gasteiger partial charge in [0, 0.05) is 26.9 Å². The van der Waals surface area contributed by atoms with Crippen molar-refractivity contribution in [2.24, 2.45) is 5.10 Å². The number of benzene rings is 3. The normalized spacial score (nSPS) is 11.1. The maximum absolute atomic E-state index is 12.2. The number of halogens is 2. The molecule has 0 spiro atoms. The number of nitrogens with one attached hydrogen (secondary N) is 2. The van der Waals surface area contributed by atoms with Crippen LogP contribution >= 0.6 is 23.2 Å². The van der Waals surface area contributed by atoms with Gasteiger partial charge < -0.3 is 5.32 Å². The zero-order valence-corrected chi connectivity index (χ0v) is 17.0. The first-order valence-electron chi connectivity index (χ1n) is 8.70. The van der Waals surface area contributed by atoms with Crippen LogP contribution < -0.4 is 10.7 Å². The minimum absolute atomic E-state index is 0.228. The summed E-state index contributed by atoms with van der Waals surface area (Å²) < 4.78 is 0. The van der Waals surface area contributed by atoms with Gasteiger partial charge in [-0.05, 0) is 67.1 Å². The van der Waals surface area contributed by atoms with E-state index in [4.69, 9.17) is 23.2 Å². The first kappa shape index (κ1) is 20.6. The highest BCUT2D eigenvalue weighted by molar-refractivity contribution is 6.31. The number of anilines is 1. The molecule has 0 saturated carbocycles. The van der Waals surface area contributed by atoms with Crippen molar-refractivity contribution in [1.29, 1.82) is 0 Å². The van der Waals surface area contributed by atoms with Gasteiger partial charge in [-0.2, -0.15) is 5.10 Å². The summed E-state index contributed by atoms with van der Waals surface area (Å²) in [6, 6.07) is 20.4. The molecule has 5 nitrogen and oxygen atoms in total. The Hall–Kier alpha value is -3.15. The van der Waals surface area contributed by atoms with Gasteiger partial charge in [0.25, 0.3) is 11.8 Å². The quantitative estimate of drug-likeness (QED) is 0.424. The summed E-state index contributed by atoms with van der Waals surface area (Å²) in [5.41, 5.74) is 5.52. The molecule has 0 aliphatic carbocycles. The van der Waals surface area contributed by atoms with Gasteiger partial charge in [0.05, 0.1) is 5.71 Å². The molecule has 3 aromatic rings. The van der Waals surface area contributed by atoms with Crippen molar-refractivity contribution >= 4 is 46.4 Å². The van der Waals surface area contributed by atoms with Crippen LogP contribution in [-0.4, -0.2) is 17.5 Å². The highest BCUT2D eigenvalue weighted by Gasteiger charge is 2.08. The summed E-state index contributed by atoms with van der Waals surface area (Å²) in [4.78, 5) is 24.4. The summed E-state index contributed by atoms with van der Waals surface area (Å²) in [5, 5.41) is 7.99. The standard InChI is InChI=1S/C22H17Cl2N3O2/c1-14(26-27-22(29)17-3-2-4-19(24)13-17)15-7-11-20(12-8-15)25-21(28)16-5-9-18(23)10-6-16/h2-13H,1H3,(H,25,28)(H,27,29)/b26-14-. The van der Waals surface area contributed by atoms with Gasteiger partial charge in [0.1, 0.15) is 0 Å². The highest BCUT2D eigenvalue weighted by Crippen LogP contribution is 2.14. The fourth-order valence-corrected chi connectivity index (χ4v) is 2.81. The van der Waals surface area contributed by atoms with Gasteiger partial charge in [0.2, 0.25) is 0 Å². The summed E-state index contributed by atoms with van der Waals surface area (Å²) in [5.74, 6) is -0.577. The zero-order valence-electron chi connectivity index (χ0n) is 15.4. The fourth-order valence-electron chi connectivity index (χ4n) is 2.49. The average molecular weight is 426 g/mol. The Morgan fingerprint density at radius 3 is 2.07 bits per heavy atom. The number of hydrazone groups is 1. The Morgan fingerprint density at radius 1 is 0.759 bits per heavy atom. The smallest absolute Gasteiger partial charge is 0.271 e. The lowest BCUT2D eigenvalue weighted by Gasteiger charge is -2.07. The van der Waals surface area contributed by atoms with Gasteiger partial charge in [-0.3, -0.25) is 9.59 Å². The molecule has 0 bridgehead atoms. The molecule has 2 amide bonds. The third-order valence-corrected chi connectivity index (χ3v) is 4.57. The van der Waals surface area contributed by atoms with Crippen molar-refractivity contribution in [1.82, 2.24) is 5.43 Å². The van der Waals surface area contributed by atoms with E-state index in [1.54, 1.807) is 67.6 Å². The van der Waals surface area contributed by atoms with E-state index < -0.39 is 0 Å². The third-order valence-electron chi connectivity index (χ3n) is 4.08. The fraction of sp³-hybridized carbons (Fsp3) is 0.0455.